The van der Waals surface area contributed by atoms with E-state index in [9.17, 15) is 14.7 Å². The number of amides is 1. The van der Waals surface area contributed by atoms with Crippen LogP contribution in [0, 0.1) is 0 Å². The first-order chi connectivity index (χ1) is 13.2. The van der Waals surface area contributed by atoms with E-state index in [1.807, 2.05) is 54.6 Å². The molecule has 0 aliphatic carbocycles. The van der Waals surface area contributed by atoms with Gasteiger partial charge in [0.15, 0.2) is 0 Å². The van der Waals surface area contributed by atoms with E-state index < -0.39 is 17.7 Å². The minimum Gasteiger partial charge on any atom is -0.507 e. The van der Waals surface area contributed by atoms with Gasteiger partial charge in [-0.2, -0.15) is 0 Å². The van der Waals surface area contributed by atoms with Gasteiger partial charge in [-0.25, -0.2) is 0 Å². The molecule has 1 aliphatic rings. The highest BCUT2D eigenvalue weighted by Gasteiger charge is 2.46. The number of Topliss-reactive ketones (excluding diaryl/α,β-unsaturated/α-hetero) is 1. The molecule has 0 unspecified atom stereocenters. The van der Waals surface area contributed by atoms with Gasteiger partial charge in [-0.3, -0.25) is 14.5 Å². The predicted octanol–water partition coefficient (Wildman–Crippen LogP) is 4.31. The SMILES string of the molecule is O=C1C(=O)N(c2ccccc2)[C@@H](c2ccccc2)C1=C(O)c1ccccc1. The minimum absolute atomic E-state index is 0.0984. The summed E-state index contributed by atoms with van der Waals surface area (Å²) >= 11 is 0. The number of nitrogens with zero attached hydrogens (tertiary/aromatic N) is 1. The van der Waals surface area contributed by atoms with Crippen LogP contribution in [0.15, 0.2) is 96.6 Å². The van der Waals surface area contributed by atoms with Gasteiger partial charge in [-0.1, -0.05) is 78.9 Å². The van der Waals surface area contributed by atoms with Gasteiger partial charge in [-0.05, 0) is 17.7 Å². The lowest BCUT2D eigenvalue weighted by Gasteiger charge is -2.25. The largest absolute Gasteiger partial charge is 0.507 e. The molecule has 4 rings (SSSR count). The highest BCUT2D eigenvalue weighted by atomic mass is 16.3. The number of anilines is 1. The predicted molar refractivity (Wildman–Crippen MR) is 104 cm³/mol. The zero-order chi connectivity index (χ0) is 18.8. The second kappa shape index (κ2) is 6.92. The number of hydrogen-bond donors (Lipinski definition) is 1. The fraction of sp³-hybridized carbons (Fsp3) is 0.0435. The summed E-state index contributed by atoms with van der Waals surface area (Å²) in [5.41, 5.74) is 1.98. The van der Waals surface area contributed by atoms with Crippen molar-refractivity contribution in [3.8, 4) is 0 Å². The molecule has 1 fully saturated rings. The number of ketones is 1. The van der Waals surface area contributed by atoms with Gasteiger partial charge < -0.3 is 5.11 Å². The number of rotatable bonds is 3. The molecule has 0 spiro atoms. The zero-order valence-electron chi connectivity index (χ0n) is 14.4. The molecule has 1 aliphatic heterocycles. The number of hydrogen-bond acceptors (Lipinski definition) is 3. The molecule has 4 heteroatoms. The summed E-state index contributed by atoms with van der Waals surface area (Å²) in [6.07, 6.45) is 0. The van der Waals surface area contributed by atoms with Gasteiger partial charge in [-0.15, -0.1) is 0 Å². The number of carbonyl (C=O) groups is 2. The molecule has 3 aromatic rings. The van der Waals surface area contributed by atoms with Crippen LogP contribution >= 0.6 is 0 Å². The van der Waals surface area contributed by atoms with E-state index in [0.29, 0.717) is 11.3 Å². The van der Waals surface area contributed by atoms with Gasteiger partial charge in [0, 0.05) is 11.3 Å². The van der Waals surface area contributed by atoms with Crippen LogP contribution in [0.3, 0.4) is 0 Å². The molecule has 1 amide bonds. The topological polar surface area (TPSA) is 57.6 Å². The summed E-state index contributed by atoms with van der Waals surface area (Å²) in [5.74, 6) is -1.50. The molecular weight excluding hydrogens is 338 g/mol. The smallest absolute Gasteiger partial charge is 0.300 e. The molecule has 1 atom stereocenters. The first-order valence-corrected chi connectivity index (χ1v) is 8.65. The van der Waals surface area contributed by atoms with E-state index in [4.69, 9.17) is 0 Å². The number of benzene rings is 3. The second-order valence-corrected chi connectivity index (χ2v) is 6.28. The second-order valence-electron chi connectivity index (χ2n) is 6.28. The van der Waals surface area contributed by atoms with Crippen molar-refractivity contribution in [3.05, 3.63) is 108 Å². The lowest BCUT2D eigenvalue weighted by molar-refractivity contribution is -0.132. The molecule has 1 N–H and O–H groups in total. The first-order valence-electron chi connectivity index (χ1n) is 8.65. The van der Waals surface area contributed by atoms with E-state index in [2.05, 4.69) is 0 Å². The summed E-state index contributed by atoms with van der Waals surface area (Å²) in [7, 11) is 0. The third-order valence-electron chi connectivity index (χ3n) is 4.64. The Morgan fingerprint density at radius 3 is 1.85 bits per heavy atom. The van der Waals surface area contributed by atoms with E-state index in [1.54, 1.807) is 36.4 Å². The molecule has 27 heavy (non-hydrogen) atoms. The number of carbonyl (C=O) groups excluding carboxylic acids is 2. The molecule has 0 aromatic heterocycles. The monoisotopic (exact) mass is 355 g/mol. The van der Waals surface area contributed by atoms with Crippen LogP contribution in [-0.4, -0.2) is 16.8 Å². The Bertz CT molecular complexity index is 1010. The van der Waals surface area contributed by atoms with Crippen molar-refractivity contribution >= 4 is 23.1 Å². The van der Waals surface area contributed by atoms with Crippen LogP contribution in [0.4, 0.5) is 5.69 Å². The summed E-state index contributed by atoms with van der Waals surface area (Å²) in [4.78, 5) is 27.2. The van der Waals surface area contributed by atoms with Gasteiger partial charge in [0.1, 0.15) is 5.76 Å². The fourth-order valence-corrected chi connectivity index (χ4v) is 3.39. The number of aliphatic hydroxyl groups excluding tert-OH is 1. The van der Waals surface area contributed by atoms with Crippen molar-refractivity contribution < 1.29 is 14.7 Å². The van der Waals surface area contributed by atoms with Crippen molar-refractivity contribution in [3.63, 3.8) is 0 Å². The van der Waals surface area contributed by atoms with Crippen LogP contribution in [0.5, 0.6) is 0 Å². The van der Waals surface area contributed by atoms with E-state index in [0.717, 1.165) is 5.56 Å². The zero-order valence-corrected chi connectivity index (χ0v) is 14.4. The quantitative estimate of drug-likeness (QED) is 0.433. The molecular formula is C23H17NO3. The standard InChI is InChI=1S/C23H17NO3/c25-21(17-12-6-2-7-13-17)19-20(16-10-4-1-5-11-16)24(23(27)22(19)26)18-14-8-3-9-15-18/h1-15,20,25H/t20-/m0/s1. The maximum absolute atomic E-state index is 12.9. The van der Waals surface area contributed by atoms with Crippen molar-refractivity contribution in [2.75, 3.05) is 4.90 Å². The van der Waals surface area contributed by atoms with Gasteiger partial charge in [0.2, 0.25) is 0 Å². The van der Waals surface area contributed by atoms with Crippen LogP contribution in [-0.2, 0) is 9.59 Å². The van der Waals surface area contributed by atoms with Gasteiger partial charge in [0.05, 0.1) is 11.6 Å². The van der Waals surface area contributed by atoms with Crippen molar-refractivity contribution in [2.24, 2.45) is 0 Å². The third kappa shape index (κ3) is 2.91. The van der Waals surface area contributed by atoms with Crippen molar-refractivity contribution in [2.45, 2.75) is 6.04 Å². The maximum Gasteiger partial charge on any atom is 0.300 e. The molecule has 0 bridgehead atoms. The Morgan fingerprint density at radius 2 is 1.26 bits per heavy atom. The molecule has 132 valence electrons. The lowest BCUT2D eigenvalue weighted by Crippen LogP contribution is -2.29. The van der Waals surface area contributed by atoms with E-state index in [-0.39, 0.29) is 11.3 Å². The summed E-state index contributed by atoms with van der Waals surface area (Å²) < 4.78 is 0. The molecule has 0 radical (unpaired) electrons. The summed E-state index contributed by atoms with van der Waals surface area (Å²) in [6.45, 7) is 0. The van der Waals surface area contributed by atoms with Crippen molar-refractivity contribution in [1.82, 2.24) is 0 Å². The molecule has 3 aromatic carbocycles. The third-order valence-corrected chi connectivity index (χ3v) is 4.64. The average Bonchev–Trinajstić information content (AvgIpc) is 3.00. The van der Waals surface area contributed by atoms with E-state index >= 15 is 0 Å². The van der Waals surface area contributed by atoms with Gasteiger partial charge in [0.25, 0.3) is 11.7 Å². The summed E-state index contributed by atoms with van der Waals surface area (Å²) in [5, 5.41) is 10.9. The first kappa shape index (κ1) is 16.8. The highest BCUT2D eigenvalue weighted by Crippen LogP contribution is 2.41. The Hall–Kier alpha value is -3.66. The summed E-state index contributed by atoms with van der Waals surface area (Å²) in [6, 6.07) is 26.4. The maximum atomic E-state index is 12.9. The molecule has 1 saturated heterocycles. The molecule has 4 nitrogen and oxygen atoms in total. The van der Waals surface area contributed by atoms with Gasteiger partial charge >= 0.3 is 0 Å². The van der Waals surface area contributed by atoms with Crippen LogP contribution in [0.25, 0.3) is 5.76 Å². The van der Waals surface area contributed by atoms with E-state index in [1.165, 1.54) is 4.90 Å². The average molecular weight is 355 g/mol. The Labute approximate surface area is 157 Å². The Balaban J connectivity index is 1.95. The van der Waals surface area contributed by atoms with Crippen LogP contribution in [0.1, 0.15) is 17.2 Å². The Morgan fingerprint density at radius 1 is 0.741 bits per heavy atom. The molecule has 0 saturated carbocycles. The normalized spacial score (nSPS) is 18.7. The van der Waals surface area contributed by atoms with Crippen LogP contribution in [0.2, 0.25) is 0 Å². The number of para-hydroxylation sites is 1. The van der Waals surface area contributed by atoms with Crippen molar-refractivity contribution in [1.29, 1.82) is 0 Å². The van der Waals surface area contributed by atoms with Crippen LogP contribution < -0.4 is 4.90 Å². The minimum atomic E-state index is -0.686. The molecule has 1 heterocycles. The number of aliphatic hydroxyl groups is 1. The fourth-order valence-electron chi connectivity index (χ4n) is 3.39. The highest BCUT2D eigenvalue weighted by molar-refractivity contribution is 6.51. The Kier molecular flexibility index (Phi) is 4.30. The lowest BCUT2D eigenvalue weighted by atomic mass is 9.95.